The molecule has 1 saturated carbocycles. The van der Waals surface area contributed by atoms with E-state index in [0.717, 1.165) is 60.3 Å². The number of hydrogen-bond acceptors (Lipinski definition) is 8. The van der Waals surface area contributed by atoms with Gasteiger partial charge in [-0.1, -0.05) is 42.9 Å². The molecule has 156 valence electrons. The first-order valence-corrected chi connectivity index (χ1v) is 12.0. The molecule has 4 rings (SSSR count). The number of fused-ring (bicyclic) bond motifs is 1. The summed E-state index contributed by atoms with van der Waals surface area (Å²) in [6, 6.07) is 5.58. The normalized spacial score (nSPS) is 16.7. The average Bonchev–Trinajstić information content (AvgIpc) is 3.31. The highest BCUT2D eigenvalue weighted by molar-refractivity contribution is 8.01. The first-order valence-electron chi connectivity index (χ1n) is 10.2. The average molecular weight is 435 g/mol. The number of thioether (sulfide) groups is 1. The van der Waals surface area contributed by atoms with Crippen molar-refractivity contribution in [3.05, 3.63) is 18.2 Å². The molecule has 2 aliphatic rings. The van der Waals surface area contributed by atoms with Gasteiger partial charge in [-0.2, -0.15) is 0 Å². The van der Waals surface area contributed by atoms with Gasteiger partial charge in [0.15, 0.2) is 15.8 Å². The van der Waals surface area contributed by atoms with Crippen LogP contribution in [-0.4, -0.2) is 34.2 Å². The number of rotatable bonds is 8. The van der Waals surface area contributed by atoms with Gasteiger partial charge < -0.3 is 20.1 Å². The number of anilines is 2. The number of hydrogen-bond donors (Lipinski definition) is 2. The van der Waals surface area contributed by atoms with Gasteiger partial charge in [-0.15, -0.1) is 10.2 Å². The Morgan fingerprint density at radius 2 is 2.03 bits per heavy atom. The van der Waals surface area contributed by atoms with Crippen LogP contribution in [0.5, 0.6) is 11.5 Å². The lowest BCUT2D eigenvalue weighted by atomic mass is 9.94. The summed E-state index contributed by atoms with van der Waals surface area (Å²) in [6.45, 7) is 3.04. The van der Waals surface area contributed by atoms with Crippen LogP contribution in [0.1, 0.15) is 51.9 Å². The third kappa shape index (κ3) is 5.14. The Kier molecular flexibility index (Phi) is 6.44. The molecule has 2 N–H and O–H groups in total. The number of benzene rings is 1. The van der Waals surface area contributed by atoms with Crippen molar-refractivity contribution < 1.29 is 14.3 Å². The minimum atomic E-state index is -0.500. The molecule has 0 bridgehead atoms. The predicted molar refractivity (Wildman–Crippen MR) is 116 cm³/mol. The smallest absolute Gasteiger partial charge is 0.251 e. The van der Waals surface area contributed by atoms with Crippen LogP contribution in [0.15, 0.2) is 22.5 Å². The number of ether oxygens (including phenoxy) is 2. The lowest BCUT2D eigenvalue weighted by molar-refractivity contribution is -0.113. The van der Waals surface area contributed by atoms with Crippen LogP contribution in [0.2, 0.25) is 0 Å². The highest BCUT2D eigenvalue weighted by atomic mass is 32.2. The van der Waals surface area contributed by atoms with E-state index >= 15 is 0 Å². The van der Waals surface area contributed by atoms with Crippen LogP contribution in [-0.2, 0) is 4.79 Å². The summed E-state index contributed by atoms with van der Waals surface area (Å²) >= 11 is 2.86. The van der Waals surface area contributed by atoms with Crippen molar-refractivity contribution in [1.82, 2.24) is 10.2 Å². The monoisotopic (exact) mass is 434 g/mol. The topological polar surface area (TPSA) is 85.4 Å². The molecule has 0 radical (unpaired) electrons. The van der Waals surface area contributed by atoms with Crippen molar-refractivity contribution in [2.45, 2.75) is 62.0 Å². The van der Waals surface area contributed by atoms with Crippen molar-refractivity contribution in [3.63, 3.8) is 0 Å². The second kappa shape index (κ2) is 9.21. The molecule has 0 atom stereocenters. The maximum Gasteiger partial charge on any atom is 0.251 e. The van der Waals surface area contributed by atoms with E-state index in [2.05, 4.69) is 27.8 Å². The lowest BCUT2D eigenvalue weighted by Gasteiger charge is -2.31. The molecule has 2 aromatic rings. The fourth-order valence-corrected chi connectivity index (χ4v) is 5.08. The standard InChI is InChI=1S/C20H26N4O3S2/c1-2-3-11-21-18-23-24-19(29-18)28-13-17(25)22-14-7-8-15-16(12-14)27-20(26-15)9-5-4-6-10-20/h7-8,12H,2-6,9-11,13H2,1H3,(H,21,23)(H,22,25). The largest absolute Gasteiger partial charge is 0.448 e. The van der Waals surface area contributed by atoms with Gasteiger partial charge in [-0.3, -0.25) is 4.79 Å². The number of aromatic nitrogens is 2. The maximum atomic E-state index is 12.3. The third-order valence-electron chi connectivity index (χ3n) is 4.97. The summed E-state index contributed by atoms with van der Waals surface area (Å²) < 4.78 is 13.0. The Bertz CT molecular complexity index is 852. The molecule has 29 heavy (non-hydrogen) atoms. The van der Waals surface area contributed by atoms with Gasteiger partial charge in [0.2, 0.25) is 11.0 Å². The molecule has 1 aromatic carbocycles. The van der Waals surface area contributed by atoms with E-state index in [1.165, 1.54) is 29.5 Å². The maximum absolute atomic E-state index is 12.3. The van der Waals surface area contributed by atoms with Crippen LogP contribution in [0.3, 0.4) is 0 Å². The predicted octanol–water partition coefficient (Wildman–Crippen LogP) is 4.91. The summed E-state index contributed by atoms with van der Waals surface area (Å²) in [5.74, 6) is 1.17. The molecule has 7 nitrogen and oxygen atoms in total. The first-order chi connectivity index (χ1) is 14.2. The molecular formula is C20H26N4O3S2. The quantitative estimate of drug-likeness (QED) is 0.451. The van der Waals surface area contributed by atoms with Crippen molar-refractivity contribution in [2.75, 3.05) is 22.9 Å². The molecule has 2 heterocycles. The van der Waals surface area contributed by atoms with Gasteiger partial charge in [-0.05, 0) is 31.4 Å². The molecule has 1 amide bonds. The van der Waals surface area contributed by atoms with Gasteiger partial charge >= 0.3 is 0 Å². The van der Waals surface area contributed by atoms with Crippen LogP contribution in [0, 0.1) is 0 Å². The van der Waals surface area contributed by atoms with E-state index in [1.807, 2.05) is 18.2 Å². The summed E-state index contributed by atoms with van der Waals surface area (Å²) in [6.07, 6.45) is 7.53. The number of amides is 1. The number of nitrogens with one attached hydrogen (secondary N) is 2. The SMILES string of the molecule is CCCCNc1nnc(SCC(=O)Nc2ccc3c(c2)OC2(CCCCC2)O3)s1. The van der Waals surface area contributed by atoms with Crippen LogP contribution in [0.4, 0.5) is 10.8 Å². The van der Waals surface area contributed by atoms with E-state index < -0.39 is 5.79 Å². The number of nitrogens with zero attached hydrogens (tertiary/aromatic N) is 2. The summed E-state index contributed by atoms with van der Waals surface area (Å²) in [5, 5.41) is 15.2. The number of unbranched alkanes of at least 4 members (excludes halogenated alkanes) is 1. The zero-order valence-corrected chi connectivity index (χ0v) is 18.2. The molecule has 0 unspecified atom stereocenters. The highest BCUT2D eigenvalue weighted by Gasteiger charge is 2.42. The van der Waals surface area contributed by atoms with Gasteiger partial charge in [0, 0.05) is 31.1 Å². The van der Waals surface area contributed by atoms with E-state index in [-0.39, 0.29) is 11.7 Å². The zero-order valence-electron chi connectivity index (χ0n) is 16.5. The summed E-state index contributed by atoms with van der Waals surface area (Å²) in [7, 11) is 0. The molecule has 1 aliphatic heterocycles. The van der Waals surface area contributed by atoms with E-state index in [9.17, 15) is 4.79 Å². The number of carbonyl (C=O) groups is 1. The number of carbonyl (C=O) groups excluding carboxylic acids is 1. The first kappa shape index (κ1) is 20.3. The Hall–Kier alpha value is -2.00. The molecular weight excluding hydrogens is 408 g/mol. The van der Waals surface area contributed by atoms with Crippen molar-refractivity contribution in [3.8, 4) is 11.5 Å². The van der Waals surface area contributed by atoms with Crippen LogP contribution < -0.4 is 20.1 Å². The molecule has 1 spiro atoms. The van der Waals surface area contributed by atoms with Crippen molar-refractivity contribution in [1.29, 1.82) is 0 Å². The van der Waals surface area contributed by atoms with Gasteiger partial charge in [0.05, 0.1) is 5.75 Å². The molecule has 1 aromatic heterocycles. The molecule has 1 aliphatic carbocycles. The highest BCUT2D eigenvalue weighted by Crippen LogP contribution is 2.46. The third-order valence-corrected chi connectivity index (χ3v) is 6.99. The Balaban J connectivity index is 1.27. The van der Waals surface area contributed by atoms with Crippen molar-refractivity contribution >= 4 is 39.8 Å². The minimum absolute atomic E-state index is 0.0862. The van der Waals surface area contributed by atoms with Gasteiger partial charge in [0.1, 0.15) is 0 Å². The van der Waals surface area contributed by atoms with E-state index in [0.29, 0.717) is 11.4 Å². The minimum Gasteiger partial charge on any atom is -0.448 e. The Morgan fingerprint density at radius 1 is 1.21 bits per heavy atom. The molecule has 1 fully saturated rings. The Morgan fingerprint density at radius 3 is 2.86 bits per heavy atom. The second-order valence-corrected chi connectivity index (χ2v) is 9.53. The van der Waals surface area contributed by atoms with E-state index in [4.69, 9.17) is 9.47 Å². The van der Waals surface area contributed by atoms with Crippen LogP contribution in [0.25, 0.3) is 0 Å². The zero-order chi connectivity index (χ0) is 20.1. The molecule has 9 heteroatoms. The van der Waals surface area contributed by atoms with Crippen LogP contribution >= 0.6 is 23.1 Å². The fraction of sp³-hybridized carbons (Fsp3) is 0.550. The summed E-state index contributed by atoms with van der Waals surface area (Å²) in [4.78, 5) is 12.3. The lowest BCUT2D eigenvalue weighted by Crippen LogP contribution is -2.40. The summed E-state index contributed by atoms with van der Waals surface area (Å²) in [5.41, 5.74) is 0.713. The second-order valence-electron chi connectivity index (χ2n) is 7.33. The Labute approximate surface area is 179 Å². The molecule has 0 saturated heterocycles. The van der Waals surface area contributed by atoms with Gasteiger partial charge in [0.25, 0.3) is 5.79 Å². The van der Waals surface area contributed by atoms with E-state index in [1.54, 1.807) is 0 Å². The van der Waals surface area contributed by atoms with Crippen molar-refractivity contribution in [2.24, 2.45) is 0 Å². The van der Waals surface area contributed by atoms with Gasteiger partial charge in [-0.25, -0.2) is 0 Å². The fourth-order valence-electron chi connectivity index (χ4n) is 3.50.